The quantitative estimate of drug-likeness (QED) is 0.860. The van der Waals surface area contributed by atoms with Crippen molar-refractivity contribution in [1.82, 2.24) is 4.90 Å². The monoisotopic (exact) mass is 369 g/mol. The largest absolute Gasteiger partial charge is 0.453 e. The summed E-state index contributed by atoms with van der Waals surface area (Å²) in [6.07, 6.45) is -2.66. The molecule has 1 aromatic rings. The summed E-state index contributed by atoms with van der Waals surface area (Å²) in [5.74, 6) is -2.56. The van der Waals surface area contributed by atoms with Crippen LogP contribution in [0.4, 0.5) is 24.1 Å². The van der Waals surface area contributed by atoms with Crippen molar-refractivity contribution in [2.75, 3.05) is 31.6 Å². The maximum absolute atomic E-state index is 14.6. The molecule has 2 aliphatic rings. The van der Waals surface area contributed by atoms with Gasteiger partial charge >= 0.3 is 12.2 Å². The summed E-state index contributed by atoms with van der Waals surface area (Å²) in [6.45, 7) is 1.60. The van der Waals surface area contributed by atoms with Crippen LogP contribution in [0.15, 0.2) is 12.1 Å². The molecule has 0 aliphatic carbocycles. The van der Waals surface area contributed by atoms with Crippen LogP contribution in [0, 0.1) is 11.6 Å². The number of ether oxygens (including phenoxy) is 2. The lowest BCUT2D eigenvalue weighted by Gasteiger charge is -2.47. The fourth-order valence-corrected chi connectivity index (χ4v) is 3.33. The number of primary amides is 1. The third-order valence-corrected chi connectivity index (χ3v) is 4.58. The van der Waals surface area contributed by atoms with E-state index >= 15 is 0 Å². The lowest BCUT2D eigenvalue weighted by atomic mass is 9.75. The van der Waals surface area contributed by atoms with E-state index in [1.165, 1.54) is 12.0 Å². The molecule has 0 aromatic heterocycles. The Kier molecular flexibility index (Phi) is 4.21. The van der Waals surface area contributed by atoms with Gasteiger partial charge in [0.15, 0.2) is 6.10 Å². The molecule has 8 nitrogen and oxygen atoms in total. The maximum Gasteiger partial charge on any atom is 0.415 e. The Morgan fingerprint density at radius 1 is 1.31 bits per heavy atom. The van der Waals surface area contributed by atoms with Crippen LogP contribution >= 0.6 is 0 Å². The second-order valence-electron chi connectivity index (χ2n) is 6.56. The van der Waals surface area contributed by atoms with Crippen molar-refractivity contribution in [3.8, 4) is 0 Å². The van der Waals surface area contributed by atoms with Gasteiger partial charge in [0.2, 0.25) is 0 Å². The molecule has 2 fully saturated rings. The number of hydrogen-bond donors (Lipinski definition) is 1. The average Bonchev–Trinajstić information content (AvgIpc) is 2.93. The van der Waals surface area contributed by atoms with Crippen molar-refractivity contribution in [2.24, 2.45) is 5.73 Å². The molecule has 0 spiro atoms. The van der Waals surface area contributed by atoms with Crippen molar-refractivity contribution in [3.05, 3.63) is 29.3 Å². The molecule has 1 atom stereocenters. The van der Waals surface area contributed by atoms with E-state index in [0.717, 1.165) is 17.0 Å². The summed E-state index contributed by atoms with van der Waals surface area (Å²) in [5.41, 5.74) is 3.91. The summed E-state index contributed by atoms with van der Waals surface area (Å²) < 4.78 is 38.6. The summed E-state index contributed by atoms with van der Waals surface area (Å²) in [5, 5.41) is 0. The Morgan fingerprint density at radius 2 is 1.88 bits per heavy atom. The first kappa shape index (κ1) is 17.9. The first-order chi connectivity index (χ1) is 12.2. The Bertz CT molecular complexity index is 771. The number of nitrogens with two attached hydrogens (primary N) is 1. The summed E-state index contributed by atoms with van der Waals surface area (Å²) >= 11 is 0. The van der Waals surface area contributed by atoms with Crippen molar-refractivity contribution in [1.29, 1.82) is 0 Å². The van der Waals surface area contributed by atoms with Crippen molar-refractivity contribution in [3.63, 3.8) is 0 Å². The van der Waals surface area contributed by atoms with Crippen LogP contribution in [0.2, 0.25) is 0 Å². The Morgan fingerprint density at radius 3 is 2.35 bits per heavy atom. The number of carbonyl (C=O) groups excluding carboxylic acids is 3. The third kappa shape index (κ3) is 2.80. The van der Waals surface area contributed by atoms with Gasteiger partial charge in [-0.2, -0.15) is 0 Å². The molecule has 0 saturated carbocycles. The van der Waals surface area contributed by atoms with Crippen LogP contribution in [0.1, 0.15) is 12.5 Å². The summed E-state index contributed by atoms with van der Waals surface area (Å²) in [4.78, 5) is 36.6. The van der Waals surface area contributed by atoms with Crippen LogP contribution in [0.3, 0.4) is 0 Å². The number of rotatable bonds is 3. The van der Waals surface area contributed by atoms with E-state index in [0.29, 0.717) is 0 Å². The Balaban J connectivity index is 1.85. The lowest BCUT2D eigenvalue weighted by molar-refractivity contribution is -0.124. The number of halogens is 2. The number of anilines is 1. The number of amides is 3. The number of benzene rings is 1. The van der Waals surface area contributed by atoms with E-state index in [-0.39, 0.29) is 30.9 Å². The minimum Gasteiger partial charge on any atom is -0.453 e. The highest BCUT2D eigenvalue weighted by Crippen LogP contribution is 2.39. The Hall–Kier alpha value is -2.91. The molecule has 2 saturated heterocycles. The lowest BCUT2D eigenvalue weighted by Crippen LogP contribution is -2.60. The van der Waals surface area contributed by atoms with Crippen LogP contribution < -0.4 is 10.6 Å². The molecule has 2 heterocycles. The van der Waals surface area contributed by atoms with Crippen molar-refractivity contribution >= 4 is 23.8 Å². The number of methoxy groups -OCH3 is 1. The molecule has 2 aliphatic heterocycles. The molecular weight excluding hydrogens is 352 g/mol. The summed E-state index contributed by atoms with van der Waals surface area (Å²) in [7, 11) is 1.22. The fraction of sp³-hybridized carbons (Fsp3) is 0.438. The normalized spacial score (nSPS) is 21.2. The molecule has 140 valence electrons. The van der Waals surface area contributed by atoms with E-state index in [1.54, 1.807) is 6.92 Å². The maximum atomic E-state index is 14.6. The second-order valence-corrected chi connectivity index (χ2v) is 6.56. The number of carbonyl (C=O) groups is 3. The van der Waals surface area contributed by atoms with E-state index in [4.69, 9.17) is 10.5 Å². The minimum atomic E-state index is -1.17. The summed E-state index contributed by atoms with van der Waals surface area (Å²) in [6, 6.07) is 1.99. The predicted octanol–water partition coefficient (Wildman–Crippen LogP) is 1.12. The first-order valence-corrected chi connectivity index (χ1v) is 7.76. The van der Waals surface area contributed by atoms with Crippen LogP contribution in [0.5, 0.6) is 0 Å². The second kappa shape index (κ2) is 6.11. The zero-order valence-corrected chi connectivity index (χ0v) is 14.1. The van der Waals surface area contributed by atoms with Gasteiger partial charge in [-0.05, 0) is 12.1 Å². The van der Waals surface area contributed by atoms with Gasteiger partial charge < -0.3 is 20.1 Å². The van der Waals surface area contributed by atoms with Gasteiger partial charge in [-0.1, -0.05) is 6.92 Å². The number of likely N-dealkylation sites (tertiary alicyclic amines) is 1. The van der Waals surface area contributed by atoms with Gasteiger partial charge in [0.25, 0.3) is 5.91 Å². The van der Waals surface area contributed by atoms with E-state index in [1.807, 2.05) is 0 Å². The predicted molar refractivity (Wildman–Crippen MR) is 84.5 cm³/mol. The minimum absolute atomic E-state index is 0.0785. The number of nitrogens with zero attached hydrogens (tertiary/aromatic N) is 2. The van der Waals surface area contributed by atoms with Gasteiger partial charge in [-0.3, -0.25) is 9.69 Å². The molecule has 2 N–H and O–H groups in total. The van der Waals surface area contributed by atoms with Crippen LogP contribution in [0.25, 0.3) is 0 Å². The molecule has 0 bridgehead atoms. The van der Waals surface area contributed by atoms with E-state index in [2.05, 4.69) is 4.74 Å². The first-order valence-electron chi connectivity index (χ1n) is 7.76. The molecule has 1 unspecified atom stereocenters. The highest BCUT2D eigenvalue weighted by molar-refractivity contribution is 5.95. The van der Waals surface area contributed by atoms with Crippen LogP contribution in [-0.4, -0.2) is 55.8 Å². The Labute approximate surface area is 147 Å². The molecule has 1 aromatic carbocycles. The van der Waals surface area contributed by atoms with Crippen molar-refractivity contribution in [2.45, 2.75) is 18.4 Å². The molecule has 3 amide bonds. The zero-order chi connectivity index (χ0) is 19.2. The van der Waals surface area contributed by atoms with Gasteiger partial charge in [-0.25, -0.2) is 18.4 Å². The average molecular weight is 369 g/mol. The highest BCUT2D eigenvalue weighted by Gasteiger charge is 2.47. The molecular formula is C16H17F2N3O5. The topological polar surface area (TPSA) is 102 Å². The van der Waals surface area contributed by atoms with E-state index < -0.39 is 41.2 Å². The van der Waals surface area contributed by atoms with Crippen LogP contribution in [-0.2, 0) is 19.7 Å². The third-order valence-electron chi connectivity index (χ3n) is 4.58. The van der Waals surface area contributed by atoms with Crippen molar-refractivity contribution < 1.29 is 32.6 Å². The highest BCUT2D eigenvalue weighted by atomic mass is 19.1. The van der Waals surface area contributed by atoms with Gasteiger partial charge in [0.05, 0.1) is 19.3 Å². The molecule has 26 heavy (non-hydrogen) atoms. The standard InChI is InChI=1S/C16H17F2N3O5/c1-16(6-20(7-16)14(23)25-2)12-9(17)3-8(4-10(12)18)21-5-11(13(19)22)26-15(21)24/h3-4,11H,5-7H2,1-2H3,(H2,19,22). The fourth-order valence-electron chi connectivity index (χ4n) is 3.33. The smallest absolute Gasteiger partial charge is 0.415 e. The molecule has 10 heteroatoms. The number of hydrogen-bond acceptors (Lipinski definition) is 5. The SMILES string of the molecule is COC(=O)N1CC(C)(c2c(F)cc(N3CC(C(N)=O)OC3=O)cc2F)C1. The van der Waals surface area contributed by atoms with E-state index in [9.17, 15) is 23.2 Å². The molecule has 0 radical (unpaired) electrons. The van der Waals surface area contributed by atoms with Gasteiger partial charge in [0.1, 0.15) is 11.6 Å². The molecule has 3 rings (SSSR count). The zero-order valence-electron chi connectivity index (χ0n) is 14.1. The van der Waals surface area contributed by atoms with Gasteiger partial charge in [-0.15, -0.1) is 0 Å². The number of cyclic esters (lactones) is 1. The van der Waals surface area contributed by atoms with Gasteiger partial charge in [0, 0.05) is 24.1 Å².